The largest absolute Gasteiger partial charge is 0.396 e. The fraction of sp³-hybridized carbons (Fsp3) is 0.545. The van der Waals surface area contributed by atoms with Crippen molar-refractivity contribution in [2.75, 3.05) is 25.4 Å². The average molecular weight is 249 g/mol. The minimum absolute atomic E-state index is 0.246. The molecule has 1 aromatic rings. The fourth-order valence-corrected chi connectivity index (χ4v) is 1.83. The zero-order chi connectivity index (χ0) is 13.1. The first-order chi connectivity index (χ1) is 8.65. The van der Waals surface area contributed by atoms with Crippen molar-refractivity contribution in [2.45, 2.75) is 19.6 Å². The molecule has 1 unspecified atom stereocenters. The van der Waals surface area contributed by atoms with Crippen LogP contribution in [-0.4, -0.2) is 46.4 Å². The Bertz CT molecular complexity index is 490. The number of nitriles is 1. The summed E-state index contributed by atoms with van der Waals surface area (Å²) in [6, 6.07) is 2.00. The highest BCUT2D eigenvalue weighted by Gasteiger charge is 2.27. The molecule has 1 atom stereocenters. The second-order valence-electron chi connectivity index (χ2n) is 4.03. The molecule has 0 aliphatic carbocycles. The van der Waals surface area contributed by atoms with E-state index in [1.54, 1.807) is 15.8 Å². The molecule has 96 valence electrons. The van der Waals surface area contributed by atoms with E-state index < -0.39 is 6.10 Å². The van der Waals surface area contributed by atoms with Crippen LogP contribution in [0.15, 0.2) is 6.20 Å². The van der Waals surface area contributed by atoms with Gasteiger partial charge in [-0.3, -0.25) is 9.48 Å². The SMILES string of the molecule is CCn1cc(N)c(C(=O)N2CCOC(C#N)C2)n1. The molecule has 7 heteroatoms. The predicted octanol–water partition coefficient (Wildman–Crippen LogP) is -0.150. The fourth-order valence-electron chi connectivity index (χ4n) is 1.83. The van der Waals surface area contributed by atoms with Gasteiger partial charge >= 0.3 is 0 Å². The summed E-state index contributed by atoms with van der Waals surface area (Å²) >= 11 is 0. The molecule has 18 heavy (non-hydrogen) atoms. The first-order valence-electron chi connectivity index (χ1n) is 5.79. The summed E-state index contributed by atoms with van der Waals surface area (Å²) in [5.74, 6) is -0.247. The number of nitrogens with zero attached hydrogens (tertiary/aromatic N) is 4. The average Bonchev–Trinajstić information content (AvgIpc) is 2.79. The van der Waals surface area contributed by atoms with E-state index in [0.717, 1.165) is 0 Å². The molecule has 1 amide bonds. The summed E-state index contributed by atoms with van der Waals surface area (Å²) in [6.45, 7) is 3.64. The molecular formula is C11H15N5O2. The van der Waals surface area contributed by atoms with E-state index in [0.29, 0.717) is 25.4 Å². The van der Waals surface area contributed by atoms with Crippen molar-refractivity contribution >= 4 is 11.6 Å². The van der Waals surface area contributed by atoms with Gasteiger partial charge in [0.15, 0.2) is 11.8 Å². The lowest BCUT2D eigenvalue weighted by Gasteiger charge is -2.29. The number of hydrogen-bond acceptors (Lipinski definition) is 5. The summed E-state index contributed by atoms with van der Waals surface area (Å²) < 4.78 is 6.80. The molecule has 1 aliphatic rings. The van der Waals surface area contributed by atoms with Crippen LogP contribution in [0.2, 0.25) is 0 Å². The molecule has 2 rings (SSSR count). The number of rotatable bonds is 2. The highest BCUT2D eigenvalue weighted by Crippen LogP contribution is 2.14. The Morgan fingerprint density at radius 2 is 2.56 bits per heavy atom. The van der Waals surface area contributed by atoms with Gasteiger partial charge in [0.1, 0.15) is 0 Å². The van der Waals surface area contributed by atoms with E-state index in [4.69, 9.17) is 15.7 Å². The zero-order valence-corrected chi connectivity index (χ0v) is 10.2. The maximum atomic E-state index is 12.2. The normalized spacial score (nSPS) is 19.6. The van der Waals surface area contributed by atoms with Gasteiger partial charge in [-0.15, -0.1) is 0 Å². The highest BCUT2D eigenvalue weighted by atomic mass is 16.5. The maximum absolute atomic E-state index is 12.2. The van der Waals surface area contributed by atoms with Crippen LogP contribution in [-0.2, 0) is 11.3 Å². The Kier molecular flexibility index (Phi) is 3.48. The van der Waals surface area contributed by atoms with Gasteiger partial charge in [-0.25, -0.2) is 0 Å². The summed E-state index contributed by atoms with van der Waals surface area (Å²) in [7, 11) is 0. The molecular weight excluding hydrogens is 234 g/mol. The standard InChI is InChI=1S/C11H15N5O2/c1-2-16-7-9(13)10(14-16)11(17)15-3-4-18-8(5-12)6-15/h7-8H,2-4,6,13H2,1H3. The van der Waals surface area contributed by atoms with Gasteiger partial charge in [-0.1, -0.05) is 0 Å². The van der Waals surface area contributed by atoms with Crippen LogP contribution in [0.4, 0.5) is 5.69 Å². The lowest BCUT2D eigenvalue weighted by molar-refractivity contribution is 0.00321. The smallest absolute Gasteiger partial charge is 0.276 e. The Hall–Kier alpha value is -2.07. The third-order valence-electron chi connectivity index (χ3n) is 2.81. The molecule has 7 nitrogen and oxygen atoms in total. The lowest BCUT2D eigenvalue weighted by atomic mass is 10.2. The molecule has 1 aromatic heterocycles. The Morgan fingerprint density at radius 3 is 3.17 bits per heavy atom. The van der Waals surface area contributed by atoms with Gasteiger partial charge in [0.05, 0.1) is 24.9 Å². The molecule has 1 fully saturated rings. The minimum Gasteiger partial charge on any atom is -0.396 e. The number of carbonyl (C=O) groups excluding carboxylic acids is 1. The quantitative estimate of drug-likeness (QED) is 0.786. The molecule has 0 spiro atoms. The number of ether oxygens (including phenoxy) is 1. The molecule has 1 aliphatic heterocycles. The maximum Gasteiger partial charge on any atom is 0.276 e. The predicted molar refractivity (Wildman–Crippen MR) is 63.6 cm³/mol. The number of aromatic nitrogens is 2. The van der Waals surface area contributed by atoms with Crippen molar-refractivity contribution in [2.24, 2.45) is 0 Å². The van der Waals surface area contributed by atoms with Crippen molar-refractivity contribution in [3.63, 3.8) is 0 Å². The van der Waals surface area contributed by atoms with Gasteiger partial charge in [0, 0.05) is 19.3 Å². The topological polar surface area (TPSA) is 97.2 Å². The van der Waals surface area contributed by atoms with E-state index in [9.17, 15) is 4.79 Å². The van der Waals surface area contributed by atoms with Crippen LogP contribution in [0.3, 0.4) is 0 Å². The monoisotopic (exact) mass is 249 g/mol. The highest BCUT2D eigenvalue weighted by molar-refractivity contribution is 5.97. The first-order valence-corrected chi connectivity index (χ1v) is 5.79. The zero-order valence-electron chi connectivity index (χ0n) is 10.2. The van der Waals surface area contributed by atoms with Crippen LogP contribution < -0.4 is 5.73 Å². The summed E-state index contributed by atoms with van der Waals surface area (Å²) in [5.41, 5.74) is 6.37. The lowest BCUT2D eigenvalue weighted by Crippen LogP contribution is -2.45. The van der Waals surface area contributed by atoms with Gasteiger partial charge in [-0.2, -0.15) is 10.4 Å². The Labute approximate surface area is 105 Å². The van der Waals surface area contributed by atoms with Crippen LogP contribution in [0, 0.1) is 11.3 Å². The number of carbonyl (C=O) groups is 1. The molecule has 0 saturated carbocycles. The van der Waals surface area contributed by atoms with Crippen molar-refractivity contribution in [1.29, 1.82) is 5.26 Å². The van der Waals surface area contributed by atoms with Crippen molar-refractivity contribution in [3.05, 3.63) is 11.9 Å². The Balaban J connectivity index is 2.15. The van der Waals surface area contributed by atoms with Crippen molar-refractivity contribution in [1.82, 2.24) is 14.7 Å². The molecule has 0 radical (unpaired) electrons. The van der Waals surface area contributed by atoms with Crippen LogP contribution in [0.5, 0.6) is 0 Å². The molecule has 1 saturated heterocycles. The van der Waals surface area contributed by atoms with Gasteiger partial charge in [-0.05, 0) is 6.92 Å². The van der Waals surface area contributed by atoms with Crippen molar-refractivity contribution in [3.8, 4) is 6.07 Å². The number of anilines is 1. The van der Waals surface area contributed by atoms with E-state index in [1.807, 2.05) is 13.0 Å². The molecule has 0 aromatic carbocycles. The Morgan fingerprint density at radius 1 is 1.78 bits per heavy atom. The van der Waals surface area contributed by atoms with E-state index in [-0.39, 0.29) is 18.1 Å². The molecule has 0 bridgehead atoms. The minimum atomic E-state index is -0.572. The number of aryl methyl sites for hydroxylation is 1. The third kappa shape index (κ3) is 2.28. The summed E-state index contributed by atoms with van der Waals surface area (Å²) in [6.07, 6.45) is 1.06. The van der Waals surface area contributed by atoms with E-state index in [1.165, 1.54) is 0 Å². The van der Waals surface area contributed by atoms with Gasteiger partial charge < -0.3 is 15.4 Å². The summed E-state index contributed by atoms with van der Waals surface area (Å²) in [5, 5.41) is 12.9. The molecule has 2 heterocycles. The van der Waals surface area contributed by atoms with Gasteiger partial charge in [0.25, 0.3) is 5.91 Å². The van der Waals surface area contributed by atoms with Gasteiger partial charge in [0.2, 0.25) is 0 Å². The summed E-state index contributed by atoms with van der Waals surface area (Å²) in [4.78, 5) is 13.8. The number of nitrogens with two attached hydrogens (primary N) is 1. The second-order valence-corrected chi connectivity index (χ2v) is 4.03. The number of amides is 1. The van der Waals surface area contributed by atoms with E-state index >= 15 is 0 Å². The van der Waals surface area contributed by atoms with Crippen LogP contribution in [0.1, 0.15) is 17.4 Å². The van der Waals surface area contributed by atoms with Crippen molar-refractivity contribution < 1.29 is 9.53 Å². The van der Waals surface area contributed by atoms with Crippen LogP contribution >= 0.6 is 0 Å². The first kappa shape index (κ1) is 12.4. The second kappa shape index (κ2) is 5.06. The third-order valence-corrected chi connectivity index (χ3v) is 2.81. The molecule has 2 N–H and O–H groups in total. The number of nitrogen functional groups attached to an aromatic ring is 1. The number of morpholine rings is 1. The number of hydrogen-bond donors (Lipinski definition) is 1. The van der Waals surface area contributed by atoms with Crippen LogP contribution in [0.25, 0.3) is 0 Å². The van der Waals surface area contributed by atoms with E-state index in [2.05, 4.69) is 5.10 Å².